The largest absolute Gasteiger partial charge is 0.381 e. The topological polar surface area (TPSA) is 60.2 Å². The Hall–Kier alpha value is -0.940. The summed E-state index contributed by atoms with van der Waals surface area (Å²) in [6.07, 6.45) is 6.49. The van der Waals surface area contributed by atoms with Gasteiger partial charge in [-0.25, -0.2) is 0 Å². The maximum atomic E-state index is 5.55. The van der Waals surface area contributed by atoms with Gasteiger partial charge in [0, 0.05) is 19.6 Å². The first-order valence-corrected chi connectivity index (χ1v) is 7.48. The van der Waals surface area contributed by atoms with Crippen molar-refractivity contribution in [2.24, 2.45) is 5.92 Å². The van der Waals surface area contributed by atoms with E-state index in [0.29, 0.717) is 5.92 Å². The normalized spacial score (nSPS) is 31.1. The van der Waals surface area contributed by atoms with Crippen LogP contribution in [0, 0.1) is 5.92 Å². The van der Waals surface area contributed by atoms with Crippen molar-refractivity contribution >= 4 is 0 Å². The van der Waals surface area contributed by atoms with Gasteiger partial charge in [0.25, 0.3) is 0 Å². The van der Waals surface area contributed by atoms with Crippen molar-refractivity contribution in [1.82, 2.24) is 15.5 Å². The molecule has 5 heteroatoms. The summed E-state index contributed by atoms with van der Waals surface area (Å²) >= 11 is 0. The highest BCUT2D eigenvalue weighted by molar-refractivity contribution is 5.07. The summed E-state index contributed by atoms with van der Waals surface area (Å²) < 4.78 is 10.9. The lowest BCUT2D eigenvalue weighted by atomic mass is 9.92. The van der Waals surface area contributed by atoms with Crippen LogP contribution in [0.3, 0.4) is 0 Å². The third-order valence-electron chi connectivity index (χ3n) is 4.29. The molecule has 1 aromatic heterocycles. The van der Waals surface area contributed by atoms with Gasteiger partial charge in [0.05, 0.1) is 5.54 Å². The second-order valence-electron chi connectivity index (χ2n) is 5.81. The zero-order valence-corrected chi connectivity index (χ0v) is 11.7. The van der Waals surface area contributed by atoms with Gasteiger partial charge in [0.15, 0.2) is 5.82 Å². The number of aromatic nitrogens is 2. The fourth-order valence-electron chi connectivity index (χ4n) is 3.27. The Kier molecular flexibility index (Phi) is 3.84. The highest BCUT2D eigenvalue weighted by Gasteiger charge is 2.39. The number of nitrogens with one attached hydrogen (secondary N) is 1. The number of rotatable bonds is 5. The molecule has 2 aliphatic heterocycles. The molecule has 0 amide bonds. The van der Waals surface area contributed by atoms with Crippen LogP contribution in [0.4, 0.5) is 0 Å². The fraction of sp³-hybridized carbons (Fsp3) is 0.857. The maximum Gasteiger partial charge on any atom is 0.246 e. The molecule has 1 aromatic rings. The third kappa shape index (κ3) is 2.67. The van der Waals surface area contributed by atoms with Crippen LogP contribution in [0.25, 0.3) is 0 Å². The summed E-state index contributed by atoms with van der Waals surface area (Å²) in [7, 11) is 0. The van der Waals surface area contributed by atoms with Crippen LogP contribution in [0.15, 0.2) is 4.52 Å². The predicted octanol–water partition coefficient (Wildman–Crippen LogP) is 2.03. The minimum absolute atomic E-state index is 0.0633. The van der Waals surface area contributed by atoms with Gasteiger partial charge >= 0.3 is 0 Å². The monoisotopic (exact) mass is 265 g/mol. The second-order valence-corrected chi connectivity index (χ2v) is 5.81. The van der Waals surface area contributed by atoms with Crippen molar-refractivity contribution in [2.75, 3.05) is 19.8 Å². The number of hydrogen-bond acceptors (Lipinski definition) is 5. The van der Waals surface area contributed by atoms with E-state index in [9.17, 15) is 0 Å². The van der Waals surface area contributed by atoms with Gasteiger partial charge in [-0.15, -0.1) is 0 Å². The van der Waals surface area contributed by atoms with Gasteiger partial charge in [-0.05, 0) is 38.1 Å². The van der Waals surface area contributed by atoms with E-state index >= 15 is 0 Å². The van der Waals surface area contributed by atoms with Crippen LogP contribution in [-0.2, 0) is 16.7 Å². The average molecular weight is 265 g/mol. The van der Waals surface area contributed by atoms with Crippen molar-refractivity contribution in [3.8, 4) is 0 Å². The van der Waals surface area contributed by atoms with Crippen LogP contribution in [-0.4, -0.2) is 29.9 Å². The lowest BCUT2D eigenvalue weighted by Gasteiger charge is -2.24. The van der Waals surface area contributed by atoms with Crippen LogP contribution in [0.1, 0.15) is 50.7 Å². The number of ether oxygens (including phenoxy) is 1. The van der Waals surface area contributed by atoms with Gasteiger partial charge in [-0.3, -0.25) is 0 Å². The van der Waals surface area contributed by atoms with Gasteiger partial charge in [-0.1, -0.05) is 18.5 Å². The standard InChI is InChI=1S/C14H23N3O2/c1-2-5-14(6-3-7-15-14)13-16-12(17-19-13)9-11-4-8-18-10-11/h11,15H,2-10H2,1H3. The quantitative estimate of drug-likeness (QED) is 0.882. The van der Waals surface area contributed by atoms with Crippen molar-refractivity contribution in [2.45, 2.75) is 51.0 Å². The average Bonchev–Trinajstić information content (AvgIpc) is 3.11. The molecule has 3 rings (SSSR count). The molecule has 2 saturated heterocycles. The molecule has 0 bridgehead atoms. The molecule has 2 unspecified atom stereocenters. The van der Waals surface area contributed by atoms with Crippen LogP contribution in [0.2, 0.25) is 0 Å². The van der Waals surface area contributed by atoms with Crippen LogP contribution < -0.4 is 5.32 Å². The molecule has 0 aliphatic carbocycles. The summed E-state index contributed by atoms with van der Waals surface area (Å²) in [5, 5.41) is 7.74. The van der Waals surface area contributed by atoms with E-state index < -0.39 is 0 Å². The van der Waals surface area contributed by atoms with E-state index in [1.807, 2.05) is 0 Å². The minimum Gasteiger partial charge on any atom is -0.381 e. The van der Waals surface area contributed by atoms with Crippen molar-refractivity contribution < 1.29 is 9.26 Å². The highest BCUT2D eigenvalue weighted by atomic mass is 16.5. The van der Waals surface area contributed by atoms with Gasteiger partial charge < -0.3 is 14.6 Å². The summed E-state index contributed by atoms with van der Waals surface area (Å²) in [6, 6.07) is 0. The van der Waals surface area contributed by atoms with Crippen LogP contribution in [0.5, 0.6) is 0 Å². The first-order chi connectivity index (χ1) is 9.32. The van der Waals surface area contributed by atoms with Crippen molar-refractivity contribution in [3.63, 3.8) is 0 Å². The minimum atomic E-state index is -0.0633. The molecule has 3 heterocycles. The summed E-state index contributed by atoms with van der Waals surface area (Å²) in [4.78, 5) is 4.65. The predicted molar refractivity (Wildman–Crippen MR) is 70.8 cm³/mol. The molecular formula is C14H23N3O2. The summed E-state index contributed by atoms with van der Waals surface area (Å²) in [5.41, 5.74) is -0.0633. The van der Waals surface area contributed by atoms with Crippen molar-refractivity contribution in [1.29, 1.82) is 0 Å². The molecule has 0 spiro atoms. The molecule has 5 nitrogen and oxygen atoms in total. The number of hydrogen-bond donors (Lipinski definition) is 1. The Morgan fingerprint density at radius 1 is 1.47 bits per heavy atom. The highest BCUT2D eigenvalue weighted by Crippen LogP contribution is 2.34. The summed E-state index contributed by atoms with van der Waals surface area (Å²) in [5.74, 6) is 2.19. The second kappa shape index (κ2) is 5.59. The third-order valence-corrected chi connectivity index (χ3v) is 4.29. The molecule has 19 heavy (non-hydrogen) atoms. The Bertz CT molecular complexity index is 407. The molecule has 2 fully saturated rings. The molecule has 1 N–H and O–H groups in total. The SMILES string of the molecule is CCCC1(c2nc(CC3CCOC3)no2)CCCN1. The summed E-state index contributed by atoms with van der Waals surface area (Å²) in [6.45, 7) is 4.96. The van der Waals surface area contributed by atoms with E-state index in [0.717, 1.165) is 63.6 Å². The van der Waals surface area contributed by atoms with E-state index in [-0.39, 0.29) is 5.54 Å². The molecule has 0 radical (unpaired) electrons. The zero-order valence-electron chi connectivity index (χ0n) is 11.7. The first-order valence-electron chi connectivity index (χ1n) is 7.48. The molecule has 0 aromatic carbocycles. The fourth-order valence-corrected chi connectivity index (χ4v) is 3.27. The Morgan fingerprint density at radius 2 is 2.42 bits per heavy atom. The number of nitrogens with zero attached hydrogens (tertiary/aromatic N) is 2. The lowest BCUT2D eigenvalue weighted by molar-refractivity contribution is 0.185. The van der Waals surface area contributed by atoms with E-state index in [2.05, 4.69) is 22.4 Å². The first kappa shape index (κ1) is 13.1. The van der Waals surface area contributed by atoms with E-state index in [4.69, 9.17) is 9.26 Å². The van der Waals surface area contributed by atoms with E-state index in [1.165, 1.54) is 6.42 Å². The van der Waals surface area contributed by atoms with Gasteiger partial charge in [0.2, 0.25) is 5.89 Å². The van der Waals surface area contributed by atoms with Gasteiger partial charge in [0.1, 0.15) is 0 Å². The van der Waals surface area contributed by atoms with Crippen LogP contribution >= 0.6 is 0 Å². The smallest absolute Gasteiger partial charge is 0.246 e. The van der Waals surface area contributed by atoms with Gasteiger partial charge in [-0.2, -0.15) is 4.98 Å². The molecule has 2 aliphatic rings. The molecule has 2 atom stereocenters. The molecule has 106 valence electrons. The zero-order chi connectivity index (χ0) is 13.1. The Balaban J connectivity index is 1.71. The Labute approximate surface area is 114 Å². The Morgan fingerprint density at radius 3 is 3.11 bits per heavy atom. The van der Waals surface area contributed by atoms with E-state index in [1.54, 1.807) is 0 Å². The molecular weight excluding hydrogens is 242 g/mol. The maximum absolute atomic E-state index is 5.55. The van der Waals surface area contributed by atoms with Crippen molar-refractivity contribution in [3.05, 3.63) is 11.7 Å². The molecule has 0 saturated carbocycles. The lowest BCUT2D eigenvalue weighted by Crippen LogP contribution is -2.37.